The molecule has 3 nitrogen and oxygen atoms in total. The maximum atomic E-state index is 11.9. The third-order valence-corrected chi connectivity index (χ3v) is 5.45. The summed E-state index contributed by atoms with van der Waals surface area (Å²) < 4.78 is 0. The lowest BCUT2D eigenvalue weighted by molar-refractivity contribution is -0.124. The minimum Gasteiger partial charge on any atom is -0.368 e. The zero-order chi connectivity index (χ0) is 15.5. The quantitative estimate of drug-likeness (QED) is 0.849. The number of carbonyl (C=O) groups is 1. The molecule has 0 radical (unpaired) electrons. The molecule has 3 N–H and O–H groups in total. The Hall–Kier alpha value is -1.00. The summed E-state index contributed by atoms with van der Waals surface area (Å²) in [5.41, 5.74) is 7.81. The second-order valence-corrected chi connectivity index (χ2v) is 7.70. The van der Waals surface area contributed by atoms with Gasteiger partial charge in [-0.2, -0.15) is 11.8 Å². The second-order valence-electron chi connectivity index (χ2n) is 6.41. The smallest absolute Gasteiger partial charge is 0.237 e. The van der Waals surface area contributed by atoms with E-state index in [1.807, 2.05) is 11.8 Å². The van der Waals surface area contributed by atoms with Gasteiger partial charge >= 0.3 is 0 Å². The van der Waals surface area contributed by atoms with E-state index in [9.17, 15) is 4.79 Å². The molecule has 116 valence electrons. The topological polar surface area (TPSA) is 55.1 Å². The first-order valence-electron chi connectivity index (χ1n) is 7.66. The third-order valence-electron chi connectivity index (χ3n) is 4.07. The largest absolute Gasteiger partial charge is 0.368 e. The van der Waals surface area contributed by atoms with E-state index in [1.54, 1.807) is 0 Å². The fourth-order valence-corrected chi connectivity index (χ4v) is 4.43. The first-order chi connectivity index (χ1) is 9.91. The third kappa shape index (κ3) is 4.24. The number of hydrogen-bond donors (Lipinski definition) is 2. The van der Waals surface area contributed by atoms with Gasteiger partial charge in [0.15, 0.2) is 0 Å². The molecule has 1 fully saturated rings. The van der Waals surface area contributed by atoms with Gasteiger partial charge in [-0.1, -0.05) is 29.8 Å². The molecular weight excluding hydrogens is 280 g/mol. The summed E-state index contributed by atoms with van der Waals surface area (Å²) in [7, 11) is 0. The van der Waals surface area contributed by atoms with E-state index < -0.39 is 5.54 Å². The van der Waals surface area contributed by atoms with Crippen LogP contribution in [-0.2, 0) is 10.5 Å². The molecule has 1 aliphatic rings. The predicted molar refractivity (Wildman–Crippen MR) is 90.3 cm³/mol. The van der Waals surface area contributed by atoms with E-state index in [4.69, 9.17) is 5.73 Å². The van der Waals surface area contributed by atoms with E-state index in [2.05, 4.69) is 50.4 Å². The molecule has 4 heteroatoms. The van der Waals surface area contributed by atoms with E-state index in [1.165, 1.54) is 11.1 Å². The summed E-state index contributed by atoms with van der Waals surface area (Å²) in [4.78, 5) is 11.9. The maximum absolute atomic E-state index is 11.9. The fourth-order valence-electron chi connectivity index (χ4n) is 3.14. The minimum atomic E-state index is -0.502. The number of carbonyl (C=O) groups excluding carboxylic acids is 1. The average molecular weight is 306 g/mol. The van der Waals surface area contributed by atoms with Crippen molar-refractivity contribution in [2.45, 2.75) is 62.6 Å². The van der Waals surface area contributed by atoms with Gasteiger partial charge in [-0.15, -0.1) is 0 Å². The number of nitrogens with one attached hydrogen (secondary N) is 1. The normalized spacial score (nSPS) is 25.4. The highest BCUT2D eigenvalue weighted by Gasteiger charge is 2.44. The standard InChI is InChI=1S/C17H26N2OS/c1-12(2)19-17(16(18)20)8-7-15(10-17)21-11-14-6-4-5-13(3)9-14/h4-6,9,12,15,19H,7-8,10-11H2,1-3H3,(H2,18,20). The highest BCUT2D eigenvalue weighted by atomic mass is 32.2. The Morgan fingerprint density at radius 3 is 2.90 bits per heavy atom. The minimum absolute atomic E-state index is 0.199. The van der Waals surface area contributed by atoms with Crippen LogP contribution in [0.1, 0.15) is 44.2 Å². The number of aryl methyl sites for hydroxylation is 1. The predicted octanol–water partition coefficient (Wildman–Crippen LogP) is 3.00. The Labute approximate surface area is 132 Å². The van der Waals surface area contributed by atoms with Gasteiger partial charge < -0.3 is 11.1 Å². The van der Waals surface area contributed by atoms with Crippen molar-refractivity contribution >= 4 is 17.7 Å². The molecule has 0 saturated heterocycles. The summed E-state index contributed by atoms with van der Waals surface area (Å²) in [6, 6.07) is 8.90. The van der Waals surface area contributed by atoms with Crippen molar-refractivity contribution in [3.63, 3.8) is 0 Å². The van der Waals surface area contributed by atoms with Gasteiger partial charge in [-0.05, 0) is 45.6 Å². The van der Waals surface area contributed by atoms with Crippen molar-refractivity contribution < 1.29 is 4.79 Å². The van der Waals surface area contributed by atoms with Gasteiger partial charge in [-0.3, -0.25) is 4.79 Å². The monoisotopic (exact) mass is 306 g/mol. The van der Waals surface area contributed by atoms with Crippen LogP contribution in [0, 0.1) is 6.92 Å². The van der Waals surface area contributed by atoms with Crippen LogP contribution in [0.5, 0.6) is 0 Å². The van der Waals surface area contributed by atoms with Crippen LogP contribution >= 0.6 is 11.8 Å². The van der Waals surface area contributed by atoms with Gasteiger partial charge in [0.05, 0.1) is 5.54 Å². The maximum Gasteiger partial charge on any atom is 0.237 e. The lowest BCUT2D eigenvalue weighted by Gasteiger charge is -2.29. The highest BCUT2D eigenvalue weighted by molar-refractivity contribution is 7.99. The van der Waals surface area contributed by atoms with Crippen molar-refractivity contribution in [1.82, 2.24) is 5.32 Å². The molecule has 0 bridgehead atoms. The average Bonchev–Trinajstić information content (AvgIpc) is 2.80. The Morgan fingerprint density at radius 1 is 1.52 bits per heavy atom. The molecule has 1 aromatic rings. The number of amides is 1. The fraction of sp³-hybridized carbons (Fsp3) is 0.588. The Morgan fingerprint density at radius 2 is 2.29 bits per heavy atom. The zero-order valence-electron chi connectivity index (χ0n) is 13.2. The molecule has 21 heavy (non-hydrogen) atoms. The molecule has 0 spiro atoms. The van der Waals surface area contributed by atoms with E-state index >= 15 is 0 Å². The summed E-state index contributed by atoms with van der Waals surface area (Å²) in [5, 5.41) is 3.91. The van der Waals surface area contributed by atoms with Crippen molar-refractivity contribution in [2.24, 2.45) is 5.73 Å². The molecule has 0 aromatic heterocycles. The summed E-state index contributed by atoms with van der Waals surface area (Å²) >= 11 is 1.94. The van der Waals surface area contributed by atoms with E-state index in [0.717, 1.165) is 25.0 Å². The Balaban J connectivity index is 1.93. The number of hydrogen-bond acceptors (Lipinski definition) is 3. The van der Waals surface area contributed by atoms with Crippen LogP contribution in [0.4, 0.5) is 0 Å². The lowest BCUT2D eigenvalue weighted by atomic mass is 9.96. The number of benzene rings is 1. The second kappa shape index (κ2) is 6.84. The van der Waals surface area contributed by atoms with Crippen LogP contribution in [0.25, 0.3) is 0 Å². The Bertz CT molecular complexity index is 503. The first-order valence-corrected chi connectivity index (χ1v) is 8.71. The van der Waals surface area contributed by atoms with Gasteiger partial charge in [0, 0.05) is 17.0 Å². The molecule has 2 rings (SSSR count). The van der Waals surface area contributed by atoms with Gasteiger partial charge in [0.2, 0.25) is 5.91 Å². The van der Waals surface area contributed by atoms with Gasteiger partial charge in [0.1, 0.15) is 0 Å². The van der Waals surface area contributed by atoms with Crippen LogP contribution in [0.15, 0.2) is 24.3 Å². The van der Waals surface area contributed by atoms with Crippen LogP contribution in [-0.4, -0.2) is 22.7 Å². The molecule has 1 amide bonds. The number of thioether (sulfide) groups is 1. The van der Waals surface area contributed by atoms with Crippen molar-refractivity contribution in [3.05, 3.63) is 35.4 Å². The number of primary amides is 1. The van der Waals surface area contributed by atoms with E-state index in [0.29, 0.717) is 5.25 Å². The summed E-state index contributed by atoms with van der Waals surface area (Å²) in [6.45, 7) is 6.25. The lowest BCUT2D eigenvalue weighted by Crippen LogP contribution is -2.56. The summed E-state index contributed by atoms with van der Waals surface area (Å²) in [5.74, 6) is 0.804. The first kappa shape index (κ1) is 16.4. The molecule has 2 atom stereocenters. The van der Waals surface area contributed by atoms with Crippen LogP contribution in [0.3, 0.4) is 0 Å². The molecule has 0 heterocycles. The number of nitrogens with two attached hydrogens (primary N) is 1. The Kier molecular flexibility index (Phi) is 5.33. The number of rotatable bonds is 6. The van der Waals surface area contributed by atoms with Gasteiger partial charge in [-0.25, -0.2) is 0 Å². The highest BCUT2D eigenvalue weighted by Crippen LogP contribution is 2.38. The van der Waals surface area contributed by atoms with Crippen LogP contribution < -0.4 is 11.1 Å². The SMILES string of the molecule is Cc1cccc(CSC2CCC(NC(C)C)(C(N)=O)C2)c1. The molecule has 2 unspecified atom stereocenters. The van der Waals surface area contributed by atoms with Crippen LogP contribution in [0.2, 0.25) is 0 Å². The van der Waals surface area contributed by atoms with Crippen molar-refractivity contribution in [3.8, 4) is 0 Å². The molecule has 0 aliphatic heterocycles. The van der Waals surface area contributed by atoms with Crippen molar-refractivity contribution in [1.29, 1.82) is 0 Å². The van der Waals surface area contributed by atoms with E-state index in [-0.39, 0.29) is 11.9 Å². The van der Waals surface area contributed by atoms with Gasteiger partial charge in [0.25, 0.3) is 0 Å². The zero-order valence-corrected chi connectivity index (χ0v) is 14.0. The van der Waals surface area contributed by atoms with Crippen molar-refractivity contribution in [2.75, 3.05) is 0 Å². The summed E-state index contributed by atoms with van der Waals surface area (Å²) in [6.07, 6.45) is 2.75. The molecule has 1 saturated carbocycles. The molecule has 1 aromatic carbocycles. The molecule has 1 aliphatic carbocycles. The molecular formula is C17H26N2OS.